The first-order chi connectivity index (χ1) is 10.2. The molecule has 0 saturated heterocycles. The summed E-state index contributed by atoms with van der Waals surface area (Å²) in [4.78, 5) is 0. The molecule has 0 bridgehead atoms. The Balaban J connectivity index is 2.23. The molecule has 4 unspecified atom stereocenters. The Morgan fingerprint density at radius 1 is 0.636 bits per heavy atom. The third-order valence-corrected chi connectivity index (χ3v) is 6.82. The van der Waals surface area contributed by atoms with E-state index in [-0.39, 0.29) is 11.8 Å². The van der Waals surface area contributed by atoms with Gasteiger partial charge in [0.1, 0.15) is 0 Å². The van der Waals surface area contributed by atoms with Crippen LogP contribution in [-0.2, 0) is 0 Å². The topological polar surface area (TPSA) is 0 Å². The molecule has 2 saturated carbocycles. The van der Waals surface area contributed by atoms with E-state index in [4.69, 9.17) is 0 Å². The fraction of sp³-hybridized carbons (Fsp3) is 1.00. The van der Waals surface area contributed by atoms with E-state index in [1.165, 1.54) is 0 Å². The Labute approximate surface area is 134 Å². The zero-order valence-corrected chi connectivity index (χ0v) is 14.5. The lowest BCUT2D eigenvalue weighted by Gasteiger charge is -2.45. The zero-order chi connectivity index (χ0) is 16.4. The smallest absolute Gasteiger partial charge is 0.170 e. The van der Waals surface area contributed by atoms with Crippen LogP contribution in [0.5, 0.6) is 0 Å². The van der Waals surface area contributed by atoms with Gasteiger partial charge in [-0.05, 0) is 49.4 Å². The fourth-order valence-corrected chi connectivity index (χ4v) is 4.97. The number of alkyl halides is 3. The molecule has 4 atom stereocenters. The molecule has 0 radical (unpaired) electrons. The van der Waals surface area contributed by atoms with Crippen LogP contribution < -0.4 is 0 Å². The summed E-state index contributed by atoms with van der Waals surface area (Å²) in [6.45, 7) is 5.95. The molecule has 0 spiro atoms. The number of rotatable bonds is 2. The van der Waals surface area contributed by atoms with E-state index in [1.54, 1.807) is 6.92 Å². The minimum Gasteiger partial charge on any atom is -0.170 e. The second kappa shape index (κ2) is 7.13. The second-order valence-corrected chi connectivity index (χ2v) is 8.40. The van der Waals surface area contributed by atoms with Crippen molar-refractivity contribution in [1.29, 1.82) is 0 Å². The molecule has 2 fully saturated rings. The van der Waals surface area contributed by atoms with Crippen LogP contribution in [0, 0.1) is 29.1 Å². The summed E-state index contributed by atoms with van der Waals surface area (Å²) >= 11 is 0. The van der Waals surface area contributed by atoms with Crippen LogP contribution in [0.1, 0.15) is 85.0 Å². The van der Waals surface area contributed by atoms with Crippen LogP contribution in [0.15, 0.2) is 0 Å². The van der Waals surface area contributed by atoms with Crippen molar-refractivity contribution in [1.82, 2.24) is 0 Å². The highest BCUT2D eigenvalue weighted by atomic mass is 19.4. The maximum atomic E-state index is 14.1. The second-order valence-electron chi connectivity index (χ2n) is 8.40. The van der Waals surface area contributed by atoms with Gasteiger partial charge in [-0.1, -0.05) is 59.3 Å². The largest absolute Gasteiger partial charge is 0.394 e. The summed E-state index contributed by atoms with van der Waals surface area (Å²) in [6, 6.07) is 0. The van der Waals surface area contributed by atoms with E-state index in [1.807, 2.05) is 0 Å². The standard InChI is InChI=1S/C19H33F3/c1-14-6-4-8-16(12-10-14)18(3,19(20,21)22)17-9-5-7-15(2)11-13-17/h14-17H,4-13H2,1-3H3. The maximum absolute atomic E-state index is 14.1. The molecule has 0 aromatic rings. The van der Waals surface area contributed by atoms with Crippen molar-refractivity contribution in [3.05, 3.63) is 0 Å². The average molecular weight is 318 g/mol. The van der Waals surface area contributed by atoms with E-state index in [0.29, 0.717) is 11.8 Å². The van der Waals surface area contributed by atoms with Crippen molar-refractivity contribution in [2.45, 2.75) is 91.2 Å². The van der Waals surface area contributed by atoms with Gasteiger partial charge in [0.2, 0.25) is 0 Å². The normalized spacial score (nSPS) is 37.9. The third-order valence-electron chi connectivity index (χ3n) is 6.82. The van der Waals surface area contributed by atoms with Crippen molar-refractivity contribution in [2.24, 2.45) is 29.1 Å². The summed E-state index contributed by atoms with van der Waals surface area (Å²) in [5.41, 5.74) is -1.47. The first-order valence-corrected chi connectivity index (χ1v) is 9.31. The molecule has 2 aliphatic rings. The van der Waals surface area contributed by atoms with E-state index < -0.39 is 11.6 Å². The Morgan fingerprint density at radius 2 is 1.05 bits per heavy atom. The van der Waals surface area contributed by atoms with Crippen molar-refractivity contribution >= 4 is 0 Å². The van der Waals surface area contributed by atoms with Gasteiger partial charge in [-0.15, -0.1) is 0 Å². The summed E-state index contributed by atoms with van der Waals surface area (Å²) in [5.74, 6) is 0.847. The lowest BCUT2D eigenvalue weighted by Crippen LogP contribution is -2.47. The van der Waals surface area contributed by atoms with Gasteiger partial charge in [0, 0.05) is 0 Å². The van der Waals surface area contributed by atoms with Gasteiger partial charge >= 0.3 is 6.18 Å². The van der Waals surface area contributed by atoms with Gasteiger partial charge in [0.25, 0.3) is 0 Å². The van der Waals surface area contributed by atoms with Crippen molar-refractivity contribution < 1.29 is 13.2 Å². The Hall–Kier alpha value is -0.210. The van der Waals surface area contributed by atoms with Gasteiger partial charge in [-0.25, -0.2) is 0 Å². The first-order valence-electron chi connectivity index (χ1n) is 9.31. The monoisotopic (exact) mass is 318 g/mol. The quantitative estimate of drug-likeness (QED) is 0.481. The zero-order valence-electron chi connectivity index (χ0n) is 14.5. The third kappa shape index (κ3) is 3.82. The van der Waals surface area contributed by atoms with E-state index in [9.17, 15) is 13.2 Å². The summed E-state index contributed by atoms with van der Waals surface area (Å²) in [6.07, 6.45) is 5.10. The predicted octanol–water partition coefficient (Wildman–Crippen LogP) is 6.99. The van der Waals surface area contributed by atoms with Crippen molar-refractivity contribution in [2.75, 3.05) is 0 Å². The highest BCUT2D eigenvalue weighted by molar-refractivity contribution is 4.96. The Bertz CT molecular complexity index is 323. The summed E-state index contributed by atoms with van der Waals surface area (Å²) in [5, 5.41) is 0. The molecule has 3 heteroatoms. The fourth-order valence-electron chi connectivity index (χ4n) is 4.97. The molecular formula is C19H33F3. The molecule has 0 N–H and O–H groups in total. The number of hydrogen-bond donors (Lipinski definition) is 0. The van der Waals surface area contributed by atoms with Crippen LogP contribution in [0.3, 0.4) is 0 Å². The minimum absolute atomic E-state index is 0.171. The van der Waals surface area contributed by atoms with E-state index in [2.05, 4.69) is 13.8 Å². The van der Waals surface area contributed by atoms with Gasteiger partial charge in [-0.3, -0.25) is 0 Å². The molecule has 2 rings (SSSR count). The molecule has 0 heterocycles. The number of halogens is 3. The maximum Gasteiger partial charge on any atom is 0.394 e. The average Bonchev–Trinajstić information content (AvgIpc) is 2.77. The highest BCUT2D eigenvalue weighted by Gasteiger charge is 2.59. The van der Waals surface area contributed by atoms with Crippen LogP contribution in [0.2, 0.25) is 0 Å². The van der Waals surface area contributed by atoms with E-state index >= 15 is 0 Å². The molecule has 0 aromatic carbocycles. The van der Waals surface area contributed by atoms with Gasteiger partial charge in [-0.2, -0.15) is 13.2 Å². The van der Waals surface area contributed by atoms with Crippen LogP contribution in [-0.4, -0.2) is 6.18 Å². The summed E-state index contributed by atoms with van der Waals surface area (Å²) < 4.78 is 42.4. The van der Waals surface area contributed by atoms with Gasteiger partial charge in [0.05, 0.1) is 5.41 Å². The van der Waals surface area contributed by atoms with Crippen molar-refractivity contribution in [3.8, 4) is 0 Å². The van der Waals surface area contributed by atoms with Crippen LogP contribution >= 0.6 is 0 Å². The van der Waals surface area contributed by atoms with Gasteiger partial charge in [0.15, 0.2) is 0 Å². The molecule has 0 aromatic heterocycles. The lowest BCUT2D eigenvalue weighted by atomic mass is 9.62. The van der Waals surface area contributed by atoms with Crippen LogP contribution in [0.25, 0.3) is 0 Å². The molecular weight excluding hydrogens is 285 g/mol. The van der Waals surface area contributed by atoms with Crippen LogP contribution in [0.4, 0.5) is 13.2 Å². The molecule has 22 heavy (non-hydrogen) atoms. The molecule has 130 valence electrons. The molecule has 0 amide bonds. The minimum atomic E-state index is -4.07. The summed E-state index contributed by atoms with van der Waals surface area (Å²) in [7, 11) is 0. The predicted molar refractivity (Wildman–Crippen MR) is 85.6 cm³/mol. The number of hydrogen-bond acceptors (Lipinski definition) is 0. The van der Waals surface area contributed by atoms with E-state index in [0.717, 1.165) is 64.2 Å². The molecule has 2 aliphatic carbocycles. The van der Waals surface area contributed by atoms with Crippen molar-refractivity contribution in [3.63, 3.8) is 0 Å². The Kier molecular flexibility index (Phi) is 5.88. The highest BCUT2D eigenvalue weighted by Crippen LogP contribution is 2.56. The van der Waals surface area contributed by atoms with Gasteiger partial charge < -0.3 is 0 Å². The lowest BCUT2D eigenvalue weighted by molar-refractivity contribution is -0.259. The Morgan fingerprint density at radius 3 is 1.41 bits per heavy atom. The first kappa shape index (κ1) is 18.1. The SMILES string of the molecule is CC1CCCC(C(C)(C2CCCC(C)CC2)C(F)(F)F)CC1. The molecule has 0 aliphatic heterocycles. The molecule has 0 nitrogen and oxygen atoms in total.